The Balaban J connectivity index is 1.65. The summed E-state index contributed by atoms with van der Waals surface area (Å²) in [5.41, 5.74) is 2.33. The molecule has 1 aromatic heterocycles. The van der Waals surface area contributed by atoms with Gasteiger partial charge in [0, 0.05) is 25.1 Å². The Morgan fingerprint density at radius 3 is 2.29 bits per heavy atom. The van der Waals surface area contributed by atoms with Crippen LogP contribution in [-0.4, -0.2) is 35.0 Å². The molecule has 2 aromatic rings. The van der Waals surface area contributed by atoms with Crippen LogP contribution in [0.15, 0.2) is 42.5 Å². The van der Waals surface area contributed by atoms with Crippen molar-refractivity contribution < 1.29 is 5.11 Å². The first-order valence-electron chi connectivity index (χ1n) is 8.85. The van der Waals surface area contributed by atoms with Gasteiger partial charge >= 0.3 is 0 Å². The third-order valence-electron chi connectivity index (χ3n) is 5.17. The minimum atomic E-state index is -0.0108. The van der Waals surface area contributed by atoms with Gasteiger partial charge in [0.15, 0.2) is 5.82 Å². The van der Waals surface area contributed by atoms with Crippen LogP contribution in [0.4, 0.5) is 5.82 Å². The molecule has 0 amide bonds. The highest BCUT2D eigenvalue weighted by Crippen LogP contribution is 2.35. The molecule has 0 spiro atoms. The minimum absolute atomic E-state index is 0.0108. The average Bonchev–Trinajstić information content (AvgIpc) is 2.63. The summed E-state index contributed by atoms with van der Waals surface area (Å²) < 4.78 is 0. The highest BCUT2D eigenvalue weighted by molar-refractivity contribution is 5.38. The molecule has 128 valence electrons. The molecule has 0 radical (unpaired) electrons. The van der Waals surface area contributed by atoms with Gasteiger partial charge in [-0.25, -0.2) is 0 Å². The summed E-state index contributed by atoms with van der Waals surface area (Å²) in [6.45, 7) is 6.34. The SMILES string of the molecule is CC(C)c1ccc(N2CCC(CO)(Cc3ccccc3)CC2)nn1. The lowest BCUT2D eigenvalue weighted by atomic mass is 9.74. The summed E-state index contributed by atoms with van der Waals surface area (Å²) in [5.74, 6) is 1.35. The molecule has 1 saturated heterocycles. The monoisotopic (exact) mass is 325 g/mol. The van der Waals surface area contributed by atoms with Gasteiger partial charge in [-0.2, -0.15) is 5.10 Å². The maximum Gasteiger partial charge on any atom is 0.151 e. The van der Waals surface area contributed by atoms with Crippen LogP contribution in [0.1, 0.15) is 43.9 Å². The van der Waals surface area contributed by atoms with Crippen LogP contribution in [0.25, 0.3) is 0 Å². The van der Waals surface area contributed by atoms with E-state index in [4.69, 9.17) is 0 Å². The number of benzene rings is 1. The van der Waals surface area contributed by atoms with Crippen molar-refractivity contribution in [3.63, 3.8) is 0 Å². The molecule has 1 aliphatic rings. The fourth-order valence-electron chi connectivity index (χ4n) is 3.44. The minimum Gasteiger partial charge on any atom is -0.396 e. The van der Waals surface area contributed by atoms with Gasteiger partial charge in [-0.05, 0) is 42.9 Å². The number of hydrogen-bond donors (Lipinski definition) is 1. The second-order valence-corrected chi connectivity index (χ2v) is 7.28. The van der Waals surface area contributed by atoms with Crippen molar-refractivity contribution in [2.24, 2.45) is 5.41 Å². The Hall–Kier alpha value is -1.94. The van der Waals surface area contributed by atoms with Crippen molar-refractivity contribution in [2.75, 3.05) is 24.6 Å². The number of rotatable bonds is 5. The molecule has 0 saturated carbocycles. The number of hydrogen-bond acceptors (Lipinski definition) is 4. The van der Waals surface area contributed by atoms with Crippen molar-refractivity contribution >= 4 is 5.82 Å². The first kappa shape index (κ1) is 16.9. The van der Waals surface area contributed by atoms with E-state index in [-0.39, 0.29) is 12.0 Å². The summed E-state index contributed by atoms with van der Waals surface area (Å²) in [6.07, 6.45) is 2.90. The van der Waals surface area contributed by atoms with Gasteiger partial charge in [0.1, 0.15) is 0 Å². The molecule has 0 unspecified atom stereocenters. The third-order valence-corrected chi connectivity index (χ3v) is 5.17. The predicted octanol–water partition coefficient (Wildman–Crippen LogP) is 3.42. The molecule has 0 bridgehead atoms. The van der Waals surface area contributed by atoms with Crippen LogP contribution < -0.4 is 4.90 Å². The topological polar surface area (TPSA) is 49.2 Å². The largest absolute Gasteiger partial charge is 0.396 e. The predicted molar refractivity (Wildman–Crippen MR) is 97.2 cm³/mol. The quantitative estimate of drug-likeness (QED) is 0.915. The standard InChI is InChI=1S/C20H27N3O/c1-16(2)18-8-9-19(22-21-18)23-12-10-20(15-24,11-13-23)14-17-6-4-3-5-7-17/h3-9,16,24H,10-15H2,1-2H3. The number of piperidine rings is 1. The van der Waals surface area contributed by atoms with Crippen molar-refractivity contribution in [1.29, 1.82) is 0 Å². The van der Waals surface area contributed by atoms with E-state index >= 15 is 0 Å². The Morgan fingerprint density at radius 2 is 1.75 bits per heavy atom. The summed E-state index contributed by atoms with van der Waals surface area (Å²) in [4.78, 5) is 2.29. The van der Waals surface area contributed by atoms with Crippen molar-refractivity contribution in [3.05, 3.63) is 53.7 Å². The maximum atomic E-state index is 10.0. The van der Waals surface area contributed by atoms with Gasteiger partial charge in [0.05, 0.1) is 5.69 Å². The third kappa shape index (κ3) is 3.75. The molecule has 2 heterocycles. The Bertz CT molecular complexity index is 632. The highest BCUT2D eigenvalue weighted by Gasteiger charge is 2.34. The van der Waals surface area contributed by atoms with E-state index in [0.717, 1.165) is 43.9 Å². The van der Waals surface area contributed by atoms with E-state index in [1.807, 2.05) is 6.07 Å². The van der Waals surface area contributed by atoms with Crippen molar-refractivity contribution in [1.82, 2.24) is 10.2 Å². The second-order valence-electron chi connectivity index (χ2n) is 7.28. The molecule has 1 aromatic carbocycles. The Kier molecular flexibility index (Phi) is 5.14. The van der Waals surface area contributed by atoms with Gasteiger partial charge in [0.25, 0.3) is 0 Å². The van der Waals surface area contributed by atoms with Crippen LogP contribution in [0.3, 0.4) is 0 Å². The van der Waals surface area contributed by atoms with E-state index in [9.17, 15) is 5.11 Å². The zero-order chi connectivity index (χ0) is 17.0. The normalized spacial score (nSPS) is 17.2. The van der Waals surface area contributed by atoms with Crippen LogP contribution in [-0.2, 0) is 6.42 Å². The molecule has 1 aliphatic heterocycles. The van der Waals surface area contributed by atoms with Crippen molar-refractivity contribution in [3.8, 4) is 0 Å². The van der Waals surface area contributed by atoms with Gasteiger partial charge in [-0.1, -0.05) is 44.2 Å². The molecule has 1 fully saturated rings. The molecule has 4 nitrogen and oxygen atoms in total. The number of nitrogens with zero attached hydrogens (tertiary/aromatic N) is 3. The van der Waals surface area contributed by atoms with Crippen LogP contribution in [0.5, 0.6) is 0 Å². The molecule has 3 rings (SSSR count). The zero-order valence-electron chi connectivity index (χ0n) is 14.7. The summed E-state index contributed by atoms with van der Waals surface area (Å²) >= 11 is 0. The molecule has 4 heteroatoms. The summed E-state index contributed by atoms with van der Waals surface area (Å²) in [7, 11) is 0. The average molecular weight is 325 g/mol. The fraction of sp³-hybridized carbons (Fsp3) is 0.500. The number of aromatic nitrogens is 2. The smallest absolute Gasteiger partial charge is 0.151 e. The lowest BCUT2D eigenvalue weighted by molar-refractivity contribution is 0.0961. The van der Waals surface area contributed by atoms with Crippen molar-refractivity contribution in [2.45, 2.75) is 39.0 Å². The summed E-state index contributed by atoms with van der Waals surface area (Å²) in [6, 6.07) is 14.6. The number of aliphatic hydroxyl groups excluding tert-OH is 1. The molecule has 24 heavy (non-hydrogen) atoms. The van der Waals surface area contributed by atoms with E-state index < -0.39 is 0 Å². The number of anilines is 1. The Labute approximate surface area is 144 Å². The lowest BCUT2D eigenvalue weighted by Gasteiger charge is -2.41. The zero-order valence-corrected chi connectivity index (χ0v) is 14.7. The lowest BCUT2D eigenvalue weighted by Crippen LogP contribution is -2.43. The summed E-state index contributed by atoms with van der Waals surface area (Å²) in [5, 5.41) is 18.7. The van der Waals surface area contributed by atoms with E-state index in [2.05, 4.69) is 65.3 Å². The molecular weight excluding hydrogens is 298 g/mol. The van der Waals surface area contributed by atoms with E-state index in [1.54, 1.807) is 0 Å². The van der Waals surface area contributed by atoms with Crippen LogP contribution in [0, 0.1) is 5.41 Å². The maximum absolute atomic E-state index is 10.0. The van der Waals surface area contributed by atoms with Crippen LogP contribution in [0.2, 0.25) is 0 Å². The molecule has 1 N–H and O–H groups in total. The first-order chi connectivity index (χ1) is 11.6. The van der Waals surface area contributed by atoms with Gasteiger partial charge in [-0.15, -0.1) is 5.10 Å². The molecule has 0 aliphatic carbocycles. The Morgan fingerprint density at radius 1 is 1.04 bits per heavy atom. The van der Waals surface area contributed by atoms with Gasteiger partial charge in [-0.3, -0.25) is 0 Å². The number of aliphatic hydroxyl groups is 1. The first-order valence-corrected chi connectivity index (χ1v) is 8.85. The highest BCUT2D eigenvalue weighted by atomic mass is 16.3. The van der Waals surface area contributed by atoms with E-state index in [1.165, 1.54) is 5.56 Å². The van der Waals surface area contributed by atoms with Gasteiger partial charge < -0.3 is 10.0 Å². The van der Waals surface area contributed by atoms with E-state index in [0.29, 0.717) is 5.92 Å². The van der Waals surface area contributed by atoms with Crippen LogP contribution >= 0.6 is 0 Å². The molecular formula is C20H27N3O. The second kappa shape index (κ2) is 7.31. The molecule has 0 atom stereocenters. The van der Waals surface area contributed by atoms with Gasteiger partial charge in [0.2, 0.25) is 0 Å². The fourth-order valence-corrected chi connectivity index (χ4v) is 3.44.